The third-order valence-electron chi connectivity index (χ3n) is 3.57. The number of ether oxygens (including phenoxy) is 3. The fraction of sp³-hybridized carbons (Fsp3) is 0.421. The summed E-state index contributed by atoms with van der Waals surface area (Å²) in [6.07, 6.45) is 5.44. The molecule has 8 heteroatoms. The van der Waals surface area contributed by atoms with Crippen molar-refractivity contribution in [2.45, 2.75) is 32.2 Å². The highest BCUT2D eigenvalue weighted by Gasteiger charge is 2.23. The van der Waals surface area contributed by atoms with Gasteiger partial charge in [0.15, 0.2) is 18.1 Å². The van der Waals surface area contributed by atoms with Crippen molar-refractivity contribution in [3.63, 3.8) is 0 Å². The predicted molar refractivity (Wildman–Crippen MR) is 98.5 cm³/mol. The van der Waals surface area contributed by atoms with E-state index >= 15 is 0 Å². The van der Waals surface area contributed by atoms with Gasteiger partial charge in [0.2, 0.25) is 0 Å². The third-order valence-corrected chi connectivity index (χ3v) is 3.57. The first-order chi connectivity index (χ1) is 13.0. The molecule has 1 aromatic rings. The number of carbonyl (C=O) groups is 3. The molecule has 1 saturated carbocycles. The number of esters is 1. The number of urea groups is 1. The summed E-state index contributed by atoms with van der Waals surface area (Å²) in [5, 5.41) is 4.70. The molecule has 0 unspecified atom stereocenters. The van der Waals surface area contributed by atoms with Crippen LogP contribution in [0.4, 0.5) is 4.79 Å². The molecule has 1 aliphatic rings. The maximum Gasteiger partial charge on any atom is 0.331 e. The highest BCUT2D eigenvalue weighted by molar-refractivity contribution is 5.96. The number of nitrogens with one attached hydrogen (secondary N) is 2. The molecule has 0 aliphatic heterocycles. The van der Waals surface area contributed by atoms with Crippen LogP contribution in [-0.2, 0) is 14.3 Å². The van der Waals surface area contributed by atoms with Crippen molar-refractivity contribution in [2.75, 3.05) is 20.3 Å². The molecule has 0 aromatic heterocycles. The lowest BCUT2D eigenvalue weighted by Crippen LogP contribution is -2.42. The third kappa shape index (κ3) is 7.39. The van der Waals surface area contributed by atoms with Gasteiger partial charge in [0.05, 0.1) is 13.7 Å². The zero-order chi connectivity index (χ0) is 19.6. The van der Waals surface area contributed by atoms with Gasteiger partial charge in [0.1, 0.15) is 0 Å². The number of hydrogen-bond acceptors (Lipinski definition) is 6. The van der Waals surface area contributed by atoms with Gasteiger partial charge in [-0.05, 0) is 43.0 Å². The highest BCUT2D eigenvalue weighted by atomic mass is 16.5. The molecule has 2 rings (SSSR count). The van der Waals surface area contributed by atoms with Crippen molar-refractivity contribution in [3.05, 3.63) is 29.8 Å². The molecule has 8 nitrogen and oxygen atoms in total. The molecule has 27 heavy (non-hydrogen) atoms. The van der Waals surface area contributed by atoms with E-state index in [0.717, 1.165) is 19.3 Å². The zero-order valence-electron chi connectivity index (χ0n) is 15.4. The Morgan fingerprint density at radius 1 is 1.22 bits per heavy atom. The van der Waals surface area contributed by atoms with E-state index in [1.807, 2.05) is 6.92 Å². The Morgan fingerprint density at radius 2 is 2.00 bits per heavy atom. The van der Waals surface area contributed by atoms with Gasteiger partial charge in [-0.2, -0.15) is 0 Å². The van der Waals surface area contributed by atoms with E-state index in [1.54, 1.807) is 18.2 Å². The molecule has 1 aliphatic carbocycles. The molecule has 1 aromatic carbocycles. The van der Waals surface area contributed by atoms with Crippen LogP contribution in [0.3, 0.4) is 0 Å². The number of carbonyl (C=O) groups excluding carboxylic acids is 3. The van der Waals surface area contributed by atoms with E-state index in [9.17, 15) is 14.4 Å². The second-order valence-corrected chi connectivity index (χ2v) is 6.00. The number of rotatable bonds is 9. The minimum absolute atomic E-state index is 0.138. The number of amides is 3. The van der Waals surface area contributed by atoms with E-state index in [-0.39, 0.29) is 6.04 Å². The maximum absolute atomic E-state index is 11.7. The van der Waals surface area contributed by atoms with Crippen LogP contribution in [0, 0.1) is 0 Å². The summed E-state index contributed by atoms with van der Waals surface area (Å²) in [5.74, 6) is -0.202. The van der Waals surface area contributed by atoms with E-state index in [0.29, 0.717) is 23.7 Å². The Morgan fingerprint density at radius 3 is 2.67 bits per heavy atom. The normalized spacial score (nSPS) is 13.1. The van der Waals surface area contributed by atoms with Gasteiger partial charge in [0.25, 0.3) is 5.91 Å². The summed E-state index contributed by atoms with van der Waals surface area (Å²) in [6, 6.07) is 4.81. The van der Waals surface area contributed by atoms with Crippen LogP contribution in [-0.4, -0.2) is 44.3 Å². The van der Waals surface area contributed by atoms with Crippen molar-refractivity contribution >= 4 is 24.0 Å². The van der Waals surface area contributed by atoms with Crippen LogP contribution in [0.5, 0.6) is 11.5 Å². The Hall–Kier alpha value is -3.03. The van der Waals surface area contributed by atoms with E-state index in [4.69, 9.17) is 14.2 Å². The Kier molecular flexibility index (Phi) is 7.66. The lowest BCUT2D eigenvalue weighted by Gasteiger charge is -2.10. The summed E-state index contributed by atoms with van der Waals surface area (Å²) in [5.41, 5.74) is 0.709. The lowest BCUT2D eigenvalue weighted by atomic mass is 10.2. The quantitative estimate of drug-likeness (QED) is 0.505. The van der Waals surface area contributed by atoms with Crippen molar-refractivity contribution in [1.82, 2.24) is 10.6 Å². The van der Waals surface area contributed by atoms with Gasteiger partial charge in [0, 0.05) is 12.1 Å². The molecule has 3 amide bonds. The molecule has 0 saturated heterocycles. The van der Waals surface area contributed by atoms with Gasteiger partial charge in [-0.1, -0.05) is 13.0 Å². The molecule has 0 atom stereocenters. The zero-order valence-corrected chi connectivity index (χ0v) is 15.4. The summed E-state index contributed by atoms with van der Waals surface area (Å²) in [7, 11) is 1.54. The van der Waals surface area contributed by atoms with Gasteiger partial charge in [-0.25, -0.2) is 9.59 Å². The predicted octanol–water partition coefficient (Wildman–Crippen LogP) is 2.03. The van der Waals surface area contributed by atoms with Gasteiger partial charge >= 0.3 is 12.0 Å². The molecular weight excluding hydrogens is 352 g/mol. The molecule has 0 radical (unpaired) electrons. The van der Waals surface area contributed by atoms with Crippen LogP contribution < -0.4 is 20.1 Å². The number of imide groups is 1. The van der Waals surface area contributed by atoms with Crippen LogP contribution >= 0.6 is 0 Å². The van der Waals surface area contributed by atoms with Crippen molar-refractivity contribution < 1.29 is 28.6 Å². The average Bonchev–Trinajstić information content (AvgIpc) is 3.46. The summed E-state index contributed by atoms with van der Waals surface area (Å²) in [4.78, 5) is 34.6. The second kappa shape index (κ2) is 10.2. The fourth-order valence-electron chi connectivity index (χ4n) is 2.08. The van der Waals surface area contributed by atoms with Gasteiger partial charge < -0.3 is 19.5 Å². The lowest BCUT2D eigenvalue weighted by molar-refractivity contribution is -0.143. The van der Waals surface area contributed by atoms with Crippen molar-refractivity contribution in [3.8, 4) is 11.5 Å². The van der Waals surface area contributed by atoms with Gasteiger partial charge in [-0.15, -0.1) is 0 Å². The molecular formula is C19H24N2O6. The first-order valence-electron chi connectivity index (χ1n) is 8.77. The van der Waals surface area contributed by atoms with Gasteiger partial charge in [-0.3, -0.25) is 10.1 Å². The Balaban J connectivity index is 1.79. The minimum Gasteiger partial charge on any atom is -0.493 e. The monoisotopic (exact) mass is 376 g/mol. The molecule has 1 fully saturated rings. The molecule has 0 heterocycles. The van der Waals surface area contributed by atoms with Crippen molar-refractivity contribution in [2.24, 2.45) is 0 Å². The largest absolute Gasteiger partial charge is 0.493 e. The smallest absolute Gasteiger partial charge is 0.331 e. The van der Waals surface area contributed by atoms with Crippen LogP contribution in [0.2, 0.25) is 0 Å². The summed E-state index contributed by atoms with van der Waals surface area (Å²) >= 11 is 0. The van der Waals surface area contributed by atoms with Crippen LogP contribution in [0.1, 0.15) is 31.7 Å². The Bertz CT molecular complexity index is 712. The van der Waals surface area contributed by atoms with E-state index < -0.39 is 24.5 Å². The fourth-order valence-corrected chi connectivity index (χ4v) is 2.08. The Labute approximate surface area is 157 Å². The summed E-state index contributed by atoms with van der Waals surface area (Å²) in [6.45, 7) is 2.06. The molecule has 2 N–H and O–H groups in total. The SMILES string of the molecule is CCCOc1ccc(/C=C/C(=O)OCC(=O)NC(=O)NC2CC2)cc1OC. The maximum atomic E-state index is 11.7. The number of methoxy groups -OCH3 is 1. The first kappa shape index (κ1) is 20.3. The molecule has 146 valence electrons. The molecule has 0 spiro atoms. The topological polar surface area (TPSA) is 103 Å². The number of hydrogen-bond donors (Lipinski definition) is 2. The number of benzene rings is 1. The highest BCUT2D eigenvalue weighted by Crippen LogP contribution is 2.28. The standard InChI is InChI=1S/C19H24N2O6/c1-3-10-26-15-8-4-13(11-16(15)25-2)5-9-18(23)27-12-17(22)21-19(24)20-14-6-7-14/h4-5,8-9,11,14H,3,6-7,10,12H2,1-2H3,(H2,20,21,22,24)/b9-5+. The average molecular weight is 376 g/mol. The van der Waals surface area contributed by atoms with Crippen LogP contribution in [0.15, 0.2) is 24.3 Å². The van der Waals surface area contributed by atoms with E-state index in [1.165, 1.54) is 19.3 Å². The second-order valence-electron chi connectivity index (χ2n) is 6.00. The van der Waals surface area contributed by atoms with E-state index in [2.05, 4.69) is 10.6 Å². The summed E-state index contributed by atoms with van der Waals surface area (Å²) < 4.78 is 15.6. The first-order valence-corrected chi connectivity index (χ1v) is 8.77. The van der Waals surface area contributed by atoms with Crippen molar-refractivity contribution in [1.29, 1.82) is 0 Å². The molecule has 0 bridgehead atoms. The van der Waals surface area contributed by atoms with Crippen LogP contribution in [0.25, 0.3) is 6.08 Å². The minimum atomic E-state index is -0.696.